The average Bonchev–Trinajstić information content (AvgIpc) is 0.811. The maximum atomic E-state index is 9.92. The van der Waals surface area contributed by atoms with Crippen LogP contribution in [0.15, 0.2) is 0 Å². The Morgan fingerprint density at radius 2 is 1.80 bits per heavy atom. The van der Waals surface area contributed by atoms with E-state index in [1.165, 1.54) is 0 Å². The van der Waals surface area contributed by atoms with Gasteiger partial charge in [-0.25, -0.2) is 4.21 Å². The van der Waals surface area contributed by atoms with E-state index in [2.05, 4.69) is 0 Å². The summed E-state index contributed by atoms with van der Waals surface area (Å²) in [4.78, 5) is 0. The summed E-state index contributed by atoms with van der Waals surface area (Å²) in [5, 5.41) is 0. The van der Waals surface area contributed by atoms with E-state index >= 15 is 0 Å². The molecule has 0 aromatic rings. The van der Waals surface area contributed by atoms with Gasteiger partial charge in [0.05, 0.1) is 0 Å². The van der Waals surface area contributed by atoms with E-state index in [-0.39, 0.29) is 12.4 Å². The van der Waals surface area contributed by atoms with Gasteiger partial charge in [-0.2, -0.15) is 0 Å². The standard InChI is InChI=1S/ClH.FHO2S/c;1-4(2)3/h1H;(H,2,3)/p-1. The van der Waals surface area contributed by atoms with E-state index in [0.29, 0.717) is 0 Å². The minimum absolute atomic E-state index is 0. The normalized spacial score (nSPS) is 12.4. The van der Waals surface area contributed by atoms with E-state index in [1.54, 1.807) is 0 Å². The van der Waals surface area contributed by atoms with Crippen molar-refractivity contribution in [1.29, 1.82) is 0 Å². The summed E-state index contributed by atoms with van der Waals surface area (Å²) in [7, 11) is 0. The van der Waals surface area contributed by atoms with Gasteiger partial charge in [0.15, 0.2) is 0 Å². The van der Waals surface area contributed by atoms with Crippen molar-refractivity contribution in [2.24, 2.45) is 0 Å². The minimum Gasteiger partial charge on any atom is -0.746 e. The van der Waals surface area contributed by atoms with Gasteiger partial charge in [0.1, 0.15) is 11.5 Å². The van der Waals surface area contributed by atoms with Crippen LogP contribution in [-0.4, -0.2) is 8.76 Å². The van der Waals surface area contributed by atoms with E-state index in [0.717, 1.165) is 0 Å². The smallest absolute Gasteiger partial charge is 0.132 e. The van der Waals surface area contributed by atoms with Crippen molar-refractivity contribution in [2.75, 3.05) is 0 Å². The van der Waals surface area contributed by atoms with Crippen molar-refractivity contribution in [3.05, 3.63) is 0 Å². The quantitative estimate of drug-likeness (QED) is 0.337. The number of hydrogen-bond donors (Lipinski definition) is 0. The fourth-order valence-corrected chi connectivity index (χ4v) is 0. The highest BCUT2D eigenvalue weighted by atomic mass is 35.5. The highest BCUT2D eigenvalue weighted by molar-refractivity contribution is 7.73. The summed E-state index contributed by atoms with van der Waals surface area (Å²) in [6, 6.07) is 0. The van der Waals surface area contributed by atoms with Crippen molar-refractivity contribution in [1.82, 2.24) is 0 Å². The molecule has 0 bridgehead atoms. The zero-order valence-electron chi connectivity index (χ0n) is 2.01. The van der Waals surface area contributed by atoms with E-state index in [1.807, 2.05) is 0 Å². The molecule has 0 aliphatic rings. The molecule has 1 atom stereocenters. The Labute approximate surface area is 37.4 Å². The fourth-order valence-electron chi connectivity index (χ4n) is 0. The molecule has 0 radical (unpaired) electrons. The summed E-state index contributed by atoms with van der Waals surface area (Å²) in [5.74, 6) is 0. The molecule has 0 aliphatic carbocycles. The summed E-state index contributed by atoms with van der Waals surface area (Å²) >= 11 is -3.36. The van der Waals surface area contributed by atoms with E-state index in [4.69, 9.17) is 8.76 Å². The molecule has 2 nitrogen and oxygen atoms in total. The Morgan fingerprint density at radius 3 is 1.80 bits per heavy atom. The molecule has 0 amide bonds. The first-order valence-corrected chi connectivity index (χ1v) is 1.46. The molecule has 34 valence electrons. The van der Waals surface area contributed by atoms with Crippen LogP contribution in [0.1, 0.15) is 0 Å². The monoisotopic (exact) mass is 119 g/mol. The molecule has 0 saturated heterocycles. The molecular weight excluding hydrogens is 119 g/mol. The second-order valence-electron chi connectivity index (χ2n) is 0.194. The van der Waals surface area contributed by atoms with Gasteiger partial charge in [-0.15, -0.1) is 16.3 Å². The van der Waals surface area contributed by atoms with Crippen molar-refractivity contribution in [3.63, 3.8) is 0 Å². The summed E-state index contributed by atoms with van der Waals surface area (Å²) in [6.07, 6.45) is 0. The second-order valence-corrected chi connectivity index (χ2v) is 0.582. The minimum atomic E-state index is -3.36. The number of rotatable bonds is 0. The molecule has 0 aliphatic heterocycles. The Kier molecular flexibility index (Phi) is 7.80. The average molecular weight is 120 g/mol. The molecular formula is HClFO2S-. The van der Waals surface area contributed by atoms with Crippen molar-refractivity contribution in [2.45, 2.75) is 0 Å². The van der Waals surface area contributed by atoms with Crippen LogP contribution in [0.5, 0.6) is 0 Å². The Bertz CT molecular complexity index is 32.6. The fraction of sp³-hybridized carbons (Fsp3) is 0. The van der Waals surface area contributed by atoms with E-state index in [9.17, 15) is 3.89 Å². The van der Waals surface area contributed by atoms with E-state index < -0.39 is 11.5 Å². The molecule has 0 aromatic carbocycles. The van der Waals surface area contributed by atoms with Gasteiger partial charge in [0, 0.05) is 0 Å². The highest BCUT2D eigenvalue weighted by Crippen LogP contribution is 1.61. The maximum absolute atomic E-state index is 9.92. The molecule has 5 heavy (non-hydrogen) atoms. The maximum Gasteiger partial charge on any atom is 0.132 e. The van der Waals surface area contributed by atoms with Crippen molar-refractivity contribution in [3.8, 4) is 0 Å². The van der Waals surface area contributed by atoms with Crippen LogP contribution < -0.4 is 0 Å². The first kappa shape index (κ1) is 9.01. The largest absolute Gasteiger partial charge is 0.746 e. The lowest BCUT2D eigenvalue weighted by Gasteiger charge is -1.78. The molecule has 0 fully saturated rings. The molecule has 0 heterocycles. The third-order valence-electron chi connectivity index (χ3n) is 0. The zero-order valence-corrected chi connectivity index (χ0v) is 3.64. The van der Waals surface area contributed by atoms with Crippen LogP contribution in [0, 0.1) is 0 Å². The Hall–Kier alpha value is 0.330. The Balaban J connectivity index is 0. The van der Waals surface area contributed by atoms with Gasteiger partial charge >= 0.3 is 0 Å². The van der Waals surface area contributed by atoms with Crippen LogP contribution in [0.4, 0.5) is 3.89 Å². The van der Waals surface area contributed by atoms with Gasteiger partial charge in [0.25, 0.3) is 0 Å². The predicted molar refractivity (Wildman–Crippen MR) is 17.3 cm³/mol. The highest BCUT2D eigenvalue weighted by Gasteiger charge is 1.48. The van der Waals surface area contributed by atoms with Crippen LogP contribution in [-0.2, 0) is 11.5 Å². The molecule has 0 aromatic heterocycles. The first-order valence-electron chi connectivity index (χ1n) is 0.488. The molecule has 5 heteroatoms. The third-order valence-corrected chi connectivity index (χ3v) is 0. The van der Waals surface area contributed by atoms with Crippen molar-refractivity contribution >= 4 is 23.9 Å². The lowest BCUT2D eigenvalue weighted by atomic mass is 15.9. The van der Waals surface area contributed by atoms with Gasteiger partial charge in [-0.3, -0.25) is 0 Å². The second kappa shape index (κ2) is 4.33. The summed E-state index contributed by atoms with van der Waals surface area (Å²) in [6.45, 7) is 0. The first-order chi connectivity index (χ1) is 1.73. The number of halogens is 2. The molecule has 0 N–H and O–H groups in total. The zero-order chi connectivity index (χ0) is 3.58. The van der Waals surface area contributed by atoms with Gasteiger partial charge in [-0.1, -0.05) is 0 Å². The topological polar surface area (TPSA) is 40.1 Å². The van der Waals surface area contributed by atoms with Gasteiger partial charge < -0.3 is 4.55 Å². The molecule has 0 rings (SSSR count). The lowest BCUT2D eigenvalue weighted by molar-refractivity contribution is 0.493. The molecule has 0 spiro atoms. The molecule has 0 saturated carbocycles. The van der Waals surface area contributed by atoms with Gasteiger partial charge in [0.2, 0.25) is 0 Å². The lowest BCUT2D eigenvalue weighted by Crippen LogP contribution is -1.64. The molecule has 1 unspecified atom stereocenters. The van der Waals surface area contributed by atoms with Crippen LogP contribution in [0.2, 0.25) is 0 Å². The summed E-state index contributed by atoms with van der Waals surface area (Å²) < 4.78 is 26.6. The SMILES string of the molecule is Cl.O=S([O-])F. The predicted octanol–water partition coefficient (Wildman–Crippen LogP) is 0.172. The van der Waals surface area contributed by atoms with Crippen LogP contribution in [0.3, 0.4) is 0 Å². The number of hydrogen-bond acceptors (Lipinski definition) is 2. The van der Waals surface area contributed by atoms with Gasteiger partial charge in [-0.05, 0) is 0 Å². The summed E-state index contributed by atoms with van der Waals surface area (Å²) in [5.41, 5.74) is 0. The van der Waals surface area contributed by atoms with Crippen LogP contribution in [0.25, 0.3) is 0 Å². The third kappa shape index (κ3) is 216. The van der Waals surface area contributed by atoms with Crippen molar-refractivity contribution < 1.29 is 12.6 Å². The Morgan fingerprint density at radius 1 is 1.80 bits per heavy atom. The van der Waals surface area contributed by atoms with Crippen LogP contribution >= 0.6 is 12.4 Å².